The van der Waals surface area contributed by atoms with Gasteiger partial charge in [-0.15, -0.1) is 0 Å². The predicted octanol–water partition coefficient (Wildman–Crippen LogP) is 7.04. The molecule has 0 aliphatic carbocycles. The van der Waals surface area contributed by atoms with Crippen molar-refractivity contribution in [3.8, 4) is 0 Å². The normalized spacial score (nSPS) is 11.3. The molecule has 0 bridgehead atoms. The first-order chi connectivity index (χ1) is 16.2. The molecule has 1 heterocycles. The Morgan fingerprint density at radius 3 is 2.06 bits per heavy atom. The highest BCUT2D eigenvalue weighted by atomic mass is 16.5. The second-order valence-electron chi connectivity index (χ2n) is 9.40. The number of pyridine rings is 1. The van der Waals surface area contributed by atoms with Crippen molar-refractivity contribution < 1.29 is 9.53 Å². The second kappa shape index (κ2) is 9.72. The molecule has 1 amide bonds. The zero-order chi connectivity index (χ0) is 24.4. The Bertz CT molecular complexity index is 1310. The van der Waals surface area contributed by atoms with Crippen LogP contribution >= 0.6 is 0 Å². The van der Waals surface area contributed by atoms with Crippen LogP contribution < -0.4 is 10.6 Å². The number of benzene rings is 3. The van der Waals surface area contributed by atoms with Crippen LogP contribution in [0.5, 0.6) is 0 Å². The number of ether oxygens (including phenoxy) is 1. The number of rotatable bonds is 6. The summed E-state index contributed by atoms with van der Waals surface area (Å²) in [7, 11) is 0. The van der Waals surface area contributed by atoms with Crippen molar-refractivity contribution in [2.45, 2.75) is 54.0 Å². The molecule has 0 aliphatic rings. The standard InChI is InChI=1S/C29H33N3O2/c1-17(2)30-29(33)34-11-10-22-8-7-9-23(16-22)31-28-24-12-18(3)20(5)14-26(24)32-27-15-21(6)19(4)13-25(27)28/h7-9,12-17H,10-11H2,1-6H3,(H,30,33)(H,31,32). The zero-order valence-corrected chi connectivity index (χ0v) is 20.9. The summed E-state index contributed by atoms with van der Waals surface area (Å²) in [5.41, 5.74) is 10.1. The summed E-state index contributed by atoms with van der Waals surface area (Å²) >= 11 is 0. The Kier molecular flexibility index (Phi) is 6.73. The number of nitrogens with one attached hydrogen (secondary N) is 2. The highest BCUT2D eigenvalue weighted by Gasteiger charge is 2.13. The highest BCUT2D eigenvalue weighted by molar-refractivity contribution is 6.09. The Balaban J connectivity index is 1.68. The van der Waals surface area contributed by atoms with Gasteiger partial charge in [0.05, 0.1) is 23.3 Å². The molecule has 0 unspecified atom stereocenters. The average molecular weight is 456 g/mol. The van der Waals surface area contributed by atoms with E-state index in [0.29, 0.717) is 13.0 Å². The van der Waals surface area contributed by atoms with Crippen molar-refractivity contribution in [3.63, 3.8) is 0 Å². The van der Waals surface area contributed by atoms with Crippen LogP contribution in [0.15, 0.2) is 48.5 Å². The van der Waals surface area contributed by atoms with Crippen molar-refractivity contribution in [1.82, 2.24) is 10.3 Å². The summed E-state index contributed by atoms with van der Waals surface area (Å²) in [5.74, 6) is 0. The first-order valence-corrected chi connectivity index (χ1v) is 11.8. The topological polar surface area (TPSA) is 63.3 Å². The molecule has 4 aromatic rings. The summed E-state index contributed by atoms with van der Waals surface area (Å²) in [6.45, 7) is 12.7. The molecule has 5 nitrogen and oxygen atoms in total. The van der Waals surface area contributed by atoms with Crippen LogP contribution in [0.3, 0.4) is 0 Å². The monoisotopic (exact) mass is 455 g/mol. The number of alkyl carbamates (subject to hydrolysis) is 1. The molecule has 1 aromatic heterocycles. The van der Waals surface area contributed by atoms with Gasteiger partial charge in [0, 0.05) is 28.9 Å². The van der Waals surface area contributed by atoms with Gasteiger partial charge in [-0.05, 0) is 106 Å². The van der Waals surface area contributed by atoms with Crippen molar-refractivity contribution >= 4 is 39.3 Å². The molecule has 0 aliphatic heterocycles. The lowest BCUT2D eigenvalue weighted by Gasteiger charge is -2.16. The Labute approximate surface area is 201 Å². The number of aromatic nitrogens is 1. The van der Waals surface area contributed by atoms with Gasteiger partial charge in [0.25, 0.3) is 0 Å². The van der Waals surface area contributed by atoms with Crippen LogP contribution in [0.2, 0.25) is 0 Å². The molecule has 0 atom stereocenters. The fourth-order valence-corrected chi connectivity index (χ4v) is 4.08. The van der Waals surface area contributed by atoms with Crippen molar-refractivity contribution in [2.24, 2.45) is 0 Å². The largest absolute Gasteiger partial charge is 0.449 e. The molecule has 34 heavy (non-hydrogen) atoms. The van der Waals surface area contributed by atoms with E-state index in [1.807, 2.05) is 19.9 Å². The van der Waals surface area contributed by atoms with E-state index in [2.05, 4.69) is 80.8 Å². The summed E-state index contributed by atoms with van der Waals surface area (Å²) in [6, 6.07) is 17.1. The lowest BCUT2D eigenvalue weighted by atomic mass is 9.99. The van der Waals surface area contributed by atoms with E-state index in [-0.39, 0.29) is 12.1 Å². The van der Waals surface area contributed by atoms with E-state index in [0.717, 1.165) is 38.7 Å². The second-order valence-corrected chi connectivity index (χ2v) is 9.40. The number of nitrogens with zero attached hydrogens (tertiary/aromatic N) is 1. The number of carbonyl (C=O) groups is 1. The van der Waals surface area contributed by atoms with E-state index in [1.165, 1.54) is 22.3 Å². The summed E-state index contributed by atoms with van der Waals surface area (Å²) in [6.07, 6.45) is 0.269. The van der Waals surface area contributed by atoms with E-state index in [1.54, 1.807) is 0 Å². The third-order valence-corrected chi connectivity index (χ3v) is 6.23. The molecule has 4 rings (SSSR count). The van der Waals surface area contributed by atoms with Crippen LogP contribution in [0, 0.1) is 27.7 Å². The van der Waals surface area contributed by atoms with Gasteiger partial charge in [-0.1, -0.05) is 12.1 Å². The lowest BCUT2D eigenvalue weighted by molar-refractivity contribution is 0.145. The smallest absolute Gasteiger partial charge is 0.407 e. The fraction of sp³-hybridized carbons (Fsp3) is 0.310. The van der Waals surface area contributed by atoms with Gasteiger partial charge in [0.2, 0.25) is 0 Å². The van der Waals surface area contributed by atoms with Gasteiger partial charge >= 0.3 is 6.09 Å². The van der Waals surface area contributed by atoms with Crippen LogP contribution in [-0.2, 0) is 11.2 Å². The molecule has 0 fully saturated rings. The zero-order valence-electron chi connectivity index (χ0n) is 20.9. The average Bonchev–Trinajstić information content (AvgIpc) is 2.76. The highest BCUT2D eigenvalue weighted by Crippen LogP contribution is 2.35. The molecule has 0 spiro atoms. The molecule has 3 aromatic carbocycles. The van der Waals surface area contributed by atoms with Gasteiger partial charge in [-0.3, -0.25) is 0 Å². The van der Waals surface area contributed by atoms with E-state index < -0.39 is 0 Å². The minimum absolute atomic E-state index is 0.0601. The van der Waals surface area contributed by atoms with Crippen molar-refractivity contribution in [3.05, 3.63) is 76.3 Å². The van der Waals surface area contributed by atoms with Crippen LogP contribution in [0.4, 0.5) is 16.2 Å². The van der Waals surface area contributed by atoms with E-state index in [4.69, 9.17) is 9.72 Å². The maximum atomic E-state index is 11.8. The first kappa shape index (κ1) is 23.6. The third kappa shape index (κ3) is 5.14. The number of amides is 1. The van der Waals surface area contributed by atoms with E-state index >= 15 is 0 Å². The fourth-order valence-electron chi connectivity index (χ4n) is 4.08. The lowest BCUT2D eigenvalue weighted by Crippen LogP contribution is -2.31. The first-order valence-electron chi connectivity index (χ1n) is 11.8. The summed E-state index contributed by atoms with van der Waals surface area (Å²) < 4.78 is 5.30. The molecular formula is C29H33N3O2. The molecular weight excluding hydrogens is 422 g/mol. The van der Waals surface area contributed by atoms with Gasteiger partial charge in [0.1, 0.15) is 0 Å². The molecule has 176 valence electrons. The SMILES string of the molecule is Cc1cc2nc3cc(C)c(C)cc3c(Nc3cccc(CCOC(=O)NC(C)C)c3)c2cc1C. The summed E-state index contributed by atoms with van der Waals surface area (Å²) in [4.78, 5) is 16.7. The molecule has 0 saturated heterocycles. The van der Waals surface area contributed by atoms with E-state index in [9.17, 15) is 4.79 Å². The van der Waals surface area contributed by atoms with Crippen LogP contribution in [0.1, 0.15) is 41.7 Å². The van der Waals surface area contributed by atoms with Gasteiger partial charge in [-0.2, -0.15) is 0 Å². The third-order valence-electron chi connectivity index (χ3n) is 6.23. The Morgan fingerprint density at radius 2 is 1.47 bits per heavy atom. The maximum Gasteiger partial charge on any atom is 0.407 e. The quantitative estimate of drug-likeness (QED) is 0.306. The number of aryl methyl sites for hydroxylation is 4. The number of hydrogen-bond donors (Lipinski definition) is 2. The van der Waals surface area contributed by atoms with Gasteiger partial charge in [0.15, 0.2) is 0 Å². The van der Waals surface area contributed by atoms with Crippen molar-refractivity contribution in [2.75, 3.05) is 11.9 Å². The van der Waals surface area contributed by atoms with Crippen LogP contribution in [0.25, 0.3) is 21.8 Å². The number of carbonyl (C=O) groups excluding carboxylic acids is 1. The summed E-state index contributed by atoms with van der Waals surface area (Å²) in [5, 5.41) is 8.65. The molecule has 2 N–H and O–H groups in total. The van der Waals surface area contributed by atoms with Gasteiger partial charge in [-0.25, -0.2) is 9.78 Å². The minimum Gasteiger partial charge on any atom is -0.449 e. The van der Waals surface area contributed by atoms with Crippen LogP contribution in [-0.4, -0.2) is 23.7 Å². The Morgan fingerprint density at radius 1 is 0.882 bits per heavy atom. The predicted molar refractivity (Wildman–Crippen MR) is 141 cm³/mol. The molecule has 0 radical (unpaired) electrons. The van der Waals surface area contributed by atoms with Crippen molar-refractivity contribution in [1.29, 1.82) is 0 Å². The van der Waals surface area contributed by atoms with Gasteiger partial charge < -0.3 is 15.4 Å². The minimum atomic E-state index is -0.379. The molecule has 5 heteroatoms. The number of hydrogen-bond acceptors (Lipinski definition) is 4. The molecule has 0 saturated carbocycles. The number of anilines is 2. The number of fused-ring (bicyclic) bond motifs is 2. The maximum absolute atomic E-state index is 11.8. The Hall–Kier alpha value is -3.60.